The van der Waals surface area contributed by atoms with Crippen molar-refractivity contribution in [1.82, 2.24) is 30.6 Å². The smallest absolute Gasteiger partial charge is 0.131 e. The highest BCUT2D eigenvalue weighted by atomic mass is 32.2. The van der Waals surface area contributed by atoms with Crippen LogP contribution in [0, 0.1) is 0 Å². The van der Waals surface area contributed by atoms with Crippen molar-refractivity contribution < 1.29 is 0 Å². The van der Waals surface area contributed by atoms with E-state index in [-0.39, 0.29) is 0 Å². The van der Waals surface area contributed by atoms with Crippen LogP contribution in [-0.2, 0) is 28.8 Å². The predicted molar refractivity (Wildman–Crippen MR) is 342 cm³/mol. The van der Waals surface area contributed by atoms with E-state index in [1.54, 1.807) is 92.8 Å². The van der Waals surface area contributed by atoms with Crippen molar-refractivity contribution in [3.8, 4) is 0 Å². The minimum Gasteiger partial charge on any atom is -0.131 e. The van der Waals surface area contributed by atoms with E-state index in [0.717, 1.165) is 71.7 Å². The molecule has 6 nitrogen and oxygen atoms in total. The Morgan fingerprint density at radius 3 is 1.03 bits per heavy atom. The Hall–Kier alpha value is -3.64. The summed E-state index contributed by atoms with van der Waals surface area (Å²) in [6, 6.07) is 43.9. The van der Waals surface area contributed by atoms with E-state index in [4.69, 9.17) is 0 Å². The van der Waals surface area contributed by atoms with Gasteiger partial charge in [-0.25, -0.2) is 0 Å². The first-order valence-corrected chi connectivity index (χ1v) is 34.4. The lowest BCUT2D eigenvalue weighted by Crippen LogP contribution is -1.91. The van der Waals surface area contributed by atoms with Gasteiger partial charge < -0.3 is 0 Å². The summed E-state index contributed by atoms with van der Waals surface area (Å²) < 4.78 is 6.29. The van der Waals surface area contributed by atoms with E-state index in [0.29, 0.717) is 17.8 Å². The fourth-order valence-electron chi connectivity index (χ4n) is 7.06. The van der Waals surface area contributed by atoms with E-state index in [1.165, 1.54) is 76.6 Å². The van der Waals surface area contributed by atoms with Crippen LogP contribution in [0.2, 0.25) is 0 Å². The highest BCUT2D eigenvalue weighted by Gasteiger charge is 2.11. The van der Waals surface area contributed by atoms with E-state index in [2.05, 4.69) is 214 Å². The molecule has 8 rings (SSSR count). The molecule has 0 radical (unpaired) electrons. The molecule has 400 valence electrons. The first-order chi connectivity index (χ1) is 37.1. The highest BCUT2D eigenvalue weighted by Crippen LogP contribution is 2.35. The molecule has 0 spiro atoms. The Labute approximate surface area is 491 Å². The number of hydrogen-bond donors (Lipinski definition) is 0. The number of unbranched alkanes of at least 4 members (excludes halogenated alkanes) is 1. The van der Waals surface area contributed by atoms with Gasteiger partial charge >= 0.3 is 0 Å². The molecule has 0 saturated heterocycles. The Bertz CT molecular complexity index is 2900. The van der Waals surface area contributed by atoms with E-state index < -0.39 is 0 Å². The van der Waals surface area contributed by atoms with Crippen LogP contribution in [0.5, 0.6) is 0 Å². The molecule has 3 unspecified atom stereocenters. The Morgan fingerprint density at radius 2 is 0.711 bits per heavy atom. The monoisotopic (exact) mass is 1180 g/mol. The van der Waals surface area contributed by atoms with Crippen LogP contribution in [0.3, 0.4) is 0 Å². The molecule has 5 aromatic carbocycles. The number of benzene rings is 5. The summed E-state index contributed by atoms with van der Waals surface area (Å²) in [5.41, 5.74) is 13.2. The summed E-state index contributed by atoms with van der Waals surface area (Å²) in [6.07, 6.45) is 9.77. The van der Waals surface area contributed by atoms with E-state index in [9.17, 15) is 0 Å². The topological polar surface area (TPSA) is 77.3 Å². The van der Waals surface area contributed by atoms with Gasteiger partial charge in [0.15, 0.2) is 26.0 Å². The van der Waals surface area contributed by atoms with Gasteiger partial charge in [0.2, 0.25) is 0 Å². The molecule has 0 aliphatic heterocycles. The summed E-state index contributed by atoms with van der Waals surface area (Å²) in [4.78, 5) is 0. The normalized spacial score (nSPS) is 12.2. The molecule has 0 aliphatic carbocycles. The molecular formula is C61H72N6S9. The second-order valence-electron chi connectivity index (χ2n) is 18.2. The molecule has 15 heteroatoms. The molecule has 0 amide bonds. The summed E-state index contributed by atoms with van der Waals surface area (Å²) >= 11 is 15.7. The van der Waals surface area contributed by atoms with E-state index in [1.807, 2.05) is 23.9 Å². The van der Waals surface area contributed by atoms with E-state index >= 15 is 0 Å². The maximum atomic E-state index is 4.33. The van der Waals surface area contributed by atoms with Gasteiger partial charge in [0, 0.05) is 34.5 Å². The molecule has 3 heterocycles. The second kappa shape index (κ2) is 34.4. The lowest BCUT2D eigenvalue weighted by Gasteiger charge is -2.09. The average Bonchev–Trinajstić information content (AvgIpc) is 4.27. The quantitative estimate of drug-likeness (QED) is 0.0363. The van der Waals surface area contributed by atoms with Crippen molar-refractivity contribution >= 4 is 117 Å². The zero-order valence-electron chi connectivity index (χ0n) is 45.0. The molecule has 0 fully saturated rings. The zero-order valence-corrected chi connectivity index (χ0v) is 52.3. The van der Waals surface area contributed by atoms with Crippen molar-refractivity contribution in [2.24, 2.45) is 0 Å². The van der Waals surface area contributed by atoms with Gasteiger partial charge in [0.25, 0.3) is 0 Å². The Balaban J connectivity index is 0.000000186. The SMILES string of the molecule is C=Cc1ccc(CSc2nnc(SCc3ccc(C(C)CC)cc3)s2)cc1.C=Cc1cccc(CSc2nnc(SCc3ccc(C(C)CC)cc3)s2)c1.CCCCSc1nnc(SCc2ccc(C(C)CC)cc2)s1. The summed E-state index contributed by atoms with van der Waals surface area (Å²) in [5.74, 6) is 7.69. The maximum absolute atomic E-state index is 4.33. The van der Waals surface area contributed by atoms with Gasteiger partial charge in [-0.2, -0.15) is 0 Å². The van der Waals surface area contributed by atoms with Gasteiger partial charge in [-0.05, 0) is 99.1 Å². The Kier molecular flexibility index (Phi) is 27.9. The number of thioether (sulfide) groups is 6. The maximum Gasteiger partial charge on any atom is 0.175 e. The molecule has 3 atom stereocenters. The van der Waals surface area contributed by atoms with Crippen LogP contribution in [0.1, 0.15) is 154 Å². The van der Waals surface area contributed by atoms with Gasteiger partial charge in [-0.15, -0.1) is 30.6 Å². The fraction of sp³-hybridized carbons (Fsp3) is 0.344. The van der Waals surface area contributed by atoms with Crippen LogP contribution in [0.4, 0.5) is 0 Å². The number of aromatic nitrogens is 6. The fourth-order valence-corrected chi connectivity index (χ4v) is 16.0. The first kappa shape index (κ1) is 61.6. The Morgan fingerprint density at radius 1 is 0.395 bits per heavy atom. The molecule has 0 saturated carbocycles. The third kappa shape index (κ3) is 21.5. The van der Waals surface area contributed by atoms with Gasteiger partial charge in [-0.1, -0.05) is 306 Å². The number of hydrogen-bond acceptors (Lipinski definition) is 15. The predicted octanol–water partition coefficient (Wildman–Crippen LogP) is 20.8. The average molecular weight is 1180 g/mol. The standard InChI is InChI=1S/2C22H24N2S3.C17H24N2S3/c1-4-16(3)20-12-10-19(11-13-20)15-26-22-24-23-21(27-22)25-14-18-8-6-17(5-2)7-9-18;1-4-16(3)20-11-9-18(10-12-20)14-25-21-23-24-22(27-21)26-15-19-8-6-7-17(5-2)13-19;1-4-6-11-20-16-18-19-17(22-16)21-12-14-7-9-15(10-8-14)13(3)5-2/h2*5-13,16H,2,4,14-15H2,1,3H3;7-10,13H,4-6,11-12H2,1-3H3. The van der Waals surface area contributed by atoms with Gasteiger partial charge in [0.1, 0.15) is 0 Å². The minimum atomic E-state index is 0.627. The van der Waals surface area contributed by atoms with Crippen LogP contribution in [0.25, 0.3) is 12.2 Å². The number of rotatable bonds is 27. The lowest BCUT2D eigenvalue weighted by molar-refractivity contribution is 0.733. The highest BCUT2D eigenvalue weighted by molar-refractivity contribution is 8.03. The third-order valence-corrected chi connectivity index (χ3v) is 22.6. The molecule has 0 bridgehead atoms. The minimum absolute atomic E-state index is 0.627. The molecule has 8 aromatic rings. The molecular weight excluding hydrogens is 1110 g/mol. The zero-order chi connectivity index (χ0) is 53.9. The van der Waals surface area contributed by atoms with Gasteiger partial charge in [0.05, 0.1) is 0 Å². The lowest BCUT2D eigenvalue weighted by atomic mass is 9.98. The summed E-state index contributed by atoms with van der Waals surface area (Å²) in [7, 11) is 0. The van der Waals surface area contributed by atoms with Crippen LogP contribution >= 0.6 is 105 Å². The van der Waals surface area contributed by atoms with Crippen molar-refractivity contribution in [3.63, 3.8) is 0 Å². The summed E-state index contributed by atoms with van der Waals surface area (Å²) in [6.45, 7) is 23.4. The molecule has 3 aromatic heterocycles. The number of nitrogens with zero attached hydrogens (tertiary/aromatic N) is 6. The second-order valence-corrected chi connectivity index (χ2v) is 28.6. The molecule has 0 N–H and O–H groups in total. The van der Waals surface area contributed by atoms with Crippen molar-refractivity contribution in [3.05, 3.63) is 190 Å². The van der Waals surface area contributed by atoms with Crippen LogP contribution in [0.15, 0.2) is 161 Å². The van der Waals surface area contributed by atoms with Gasteiger partial charge in [-0.3, -0.25) is 0 Å². The van der Waals surface area contributed by atoms with Crippen molar-refractivity contribution in [2.75, 3.05) is 5.75 Å². The van der Waals surface area contributed by atoms with Crippen LogP contribution < -0.4 is 0 Å². The van der Waals surface area contributed by atoms with Crippen molar-refractivity contribution in [2.45, 2.75) is 153 Å². The molecule has 0 aliphatic rings. The van der Waals surface area contributed by atoms with Crippen molar-refractivity contribution in [1.29, 1.82) is 0 Å². The molecule has 76 heavy (non-hydrogen) atoms. The first-order valence-electron chi connectivity index (χ1n) is 26.0. The largest absolute Gasteiger partial charge is 0.175 e. The van der Waals surface area contributed by atoms with Crippen LogP contribution in [-0.4, -0.2) is 36.3 Å². The summed E-state index contributed by atoms with van der Waals surface area (Å²) in [5, 5.41) is 25.8. The third-order valence-electron chi connectivity index (χ3n) is 12.6.